The lowest BCUT2D eigenvalue weighted by atomic mass is 10.0. The van der Waals surface area contributed by atoms with E-state index in [1.165, 1.54) is 5.56 Å². The minimum absolute atomic E-state index is 0.0481. The molecule has 1 aliphatic rings. The zero-order valence-corrected chi connectivity index (χ0v) is 16.5. The highest BCUT2D eigenvalue weighted by Crippen LogP contribution is 2.24. The molecule has 0 bridgehead atoms. The van der Waals surface area contributed by atoms with Gasteiger partial charge in [0.05, 0.1) is 20.2 Å². The van der Waals surface area contributed by atoms with Gasteiger partial charge in [0.1, 0.15) is 17.4 Å². The van der Waals surface area contributed by atoms with Crippen molar-refractivity contribution in [1.82, 2.24) is 25.1 Å². The molecule has 0 saturated carbocycles. The first kappa shape index (κ1) is 19.1. The zero-order valence-electron chi connectivity index (χ0n) is 16.5. The maximum Gasteiger partial charge on any atom is 0.410 e. The Morgan fingerprint density at radius 1 is 1.26 bits per heavy atom. The molecule has 1 aromatic carbocycles. The number of rotatable bonds is 5. The minimum Gasteiger partial charge on any atom is -0.497 e. The van der Waals surface area contributed by atoms with E-state index < -0.39 is 5.60 Å². The van der Waals surface area contributed by atoms with Crippen LogP contribution in [0.2, 0.25) is 0 Å². The van der Waals surface area contributed by atoms with Gasteiger partial charge in [-0.2, -0.15) is 4.80 Å². The average Bonchev–Trinajstić information content (AvgIpc) is 3.02. The van der Waals surface area contributed by atoms with Crippen LogP contribution in [0.15, 0.2) is 24.3 Å². The molecule has 1 fully saturated rings. The van der Waals surface area contributed by atoms with E-state index in [0.29, 0.717) is 18.9 Å². The molecular weight excluding hydrogens is 346 g/mol. The molecule has 2 aromatic rings. The summed E-state index contributed by atoms with van der Waals surface area (Å²) in [5.41, 5.74) is 0.706. The molecule has 8 heteroatoms. The van der Waals surface area contributed by atoms with E-state index in [-0.39, 0.29) is 18.1 Å². The van der Waals surface area contributed by atoms with Crippen molar-refractivity contribution in [2.75, 3.05) is 20.2 Å². The van der Waals surface area contributed by atoms with E-state index in [0.717, 1.165) is 12.2 Å². The average molecular weight is 373 g/mol. The molecule has 1 amide bonds. The first-order valence-electron chi connectivity index (χ1n) is 9.15. The van der Waals surface area contributed by atoms with Crippen molar-refractivity contribution in [3.8, 4) is 5.75 Å². The fourth-order valence-electron chi connectivity index (χ4n) is 2.87. The molecule has 1 saturated heterocycles. The summed E-state index contributed by atoms with van der Waals surface area (Å²) in [5.74, 6) is 1.70. The Balaban J connectivity index is 1.53. The van der Waals surface area contributed by atoms with Crippen molar-refractivity contribution in [3.05, 3.63) is 35.7 Å². The van der Waals surface area contributed by atoms with Crippen molar-refractivity contribution in [2.45, 2.75) is 51.7 Å². The number of hydrogen-bond acceptors (Lipinski definition) is 6. The predicted octanol–water partition coefficient (Wildman–Crippen LogP) is 2.82. The van der Waals surface area contributed by atoms with Crippen LogP contribution >= 0.6 is 0 Å². The third-order valence-corrected chi connectivity index (χ3v) is 4.43. The number of carbonyl (C=O) groups is 1. The summed E-state index contributed by atoms with van der Waals surface area (Å²) in [4.78, 5) is 15.3. The quantitative estimate of drug-likeness (QED) is 0.801. The highest BCUT2D eigenvalue weighted by atomic mass is 16.6. The SMILES string of the molecule is COc1ccc(C[C@H](C)c2nnn(C3CN(C(=O)OC(C)(C)C)C3)n2)cc1. The van der Waals surface area contributed by atoms with Crippen LogP contribution in [0.4, 0.5) is 4.79 Å². The Kier molecular flexibility index (Phi) is 5.34. The van der Waals surface area contributed by atoms with Crippen molar-refractivity contribution in [2.24, 2.45) is 0 Å². The Hall–Kier alpha value is -2.64. The van der Waals surface area contributed by atoms with E-state index >= 15 is 0 Å². The number of methoxy groups -OCH3 is 1. The Morgan fingerprint density at radius 2 is 1.93 bits per heavy atom. The van der Waals surface area contributed by atoms with Crippen LogP contribution in [0.1, 0.15) is 51.0 Å². The molecule has 1 aliphatic heterocycles. The Morgan fingerprint density at radius 3 is 2.52 bits per heavy atom. The number of carbonyl (C=O) groups excluding carboxylic acids is 1. The van der Waals surface area contributed by atoms with Gasteiger partial charge in [-0.25, -0.2) is 4.79 Å². The fraction of sp³-hybridized carbons (Fsp3) is 0.579. The molecule has 1 atom stereocenters. The van der Waals surface area contributed by atoms with Gasteiger partial charge in [0.15, 0.2) is 5.82 Å². The first-order chi connectivity index (χ1) is 12.7. The van der Waals surface area contributed by atoms with Crippen LogP contribution in [0.25, 0.3) is 0 Å². The minimum atomic E-state index is -0.488. The summed E-state index contributed by atoms with van der Waals surface area (Å²) in [7, 11) is 1.66. The number of aromatic nitrogens is 4. The van der Waals surface area contributed by atoms with Crippen LogP contribution in [0.3, 0.4) is 0 Å². The Bertz CT molecular complexity index is 775. The maximum atomic E-state index is 12.0. The smallest absolute Gasteiger partial charge is 0.410 e. The van der Waals surface area contributed by atoms with Crippen LogP contribution in [0.5, 0.6) is 5.75 Å². The van der Waals surface area contributed by atoms with Gasteiger partial charge in [-0.3, -0.25) is 0 Å². The van der Waals surface area contributed by atoms with Gasteiger partial charge in [0.2, 0.25) is 0 Å². The first-order valence-corrected chi connectivity index (χ1v) is 9.15. The molecule has 27 heavy (non-hydrogen) atoms. The number of ether oxygens (including phenoxy) is 2. The monoisotopic (exact) mass is 373 g/mol. The highest BCUT2D eigenvalue weighted by molar-refractivity contribution is 5.69. The molecule has 0 radical (unpaired) electrons. The molecule has 0 unspecified atom stereocenters. The fourth-order valence-corrected chi connectivity index (χ4v) is 2.87. The van der Waals surface area contributed by atoms with E-state index in [4.69, 9.17) is 9.47 Å². The summed E-state index contributed by atoms with van der Waals surface area (Å²) in [6.45, 7) is 8.74. The molecule has 0 aliphatic carbocycles. The third-order valence-electron chi connectivity index (χ3n) is 4.43. The van der Waals surface area contributed by atoms with Crippen LogP contribution in [0, 0.1) is 0 Å². The van der Waals surface area contributed by atoms with Crippen LogP contribution < -0.4 is 4.74 Å². The summed E-state index contributed by atoms with van der Waals surface area (Å²) in [6.07, 6.45) is 0.525. The Labute approximate surface area is 159 Å². The second kappa shape index (κ2) is 7.54. The van der Waals surface area contributed by atoms with Crippen LogP contribution in [-0.4, -0.2) is 57.0 Å². The van der Waals surface area contributed by atoms with Gasteiger partial charge < -0.3 is 14.4 Å². The molecule has 1 aromatic heterocycles. The third kappa shape index (κ3) is 4.75. The van der Waals surface area contributed by atoms with Gasteiger partial charge >= 0.3 is 6.09 Å². The molecule has 8 nitrogen and oxygen atoms in total. The summed E-state index contributed by atoms with van der Waals surface area (Å²) >= 11 is 0. The number of likely N-dealkylation sites (tertiary alicyclic amines) is 1. The summed E-state index contributed by atoms with van der Waals surface area (Å²) in [5, 5.41) is 12.9. The van der Waals surface area contributed by atoms with Gasteiger partial charge in [-0.05, 0) is 50.1 Å². The summed E-state index contributed by atoms with van der Waals surface area (Å²) < 4.78 is 10.5. The van der Waals surface area contributed by atoms with Gasteiger partial charge in [-0.1, -0.05) is 19.1 Å². The number of nitrogens with zero attached hydrogens (tertiary/aromatic N) is 5. The maximum absolute atomic E-state index is 12.0. The van der Waals surface area contributed by atoms with Crippen molar-refractivity contribution < 1.29 is 14.3 Å². The van der Waals surface area contributed by atoms with Gasteiger partial charge in [0, 0.05) is 5.92 Å². The number of benzene rings is 1. The van der Waals surface area contributed by atoms with E-state index in [2.05, 4.69) is 22.3 Å². The van der Waals surface area contributed by atoms with Crippen molar-refractivity contribution in [1.29, 1.82) is 0 Å². The number of tetrazole rings is 1. The molecule has 3 rings (SSSR count). The molecular formula is C19H27N5O3. The van der Waals surface area contributed by atoms with Crippen molar-refractivity contribution >= 4 is 6.09 Å². The number of hydrogen-bond donors (Lipinski definition) is 0. The second-order valence-corrected chi connectivity index (χ2v) is 7.96. The normalized spacial score (nSPS) is 16.0. The standard InChI is InChI=1S/C19H27N5O3/c1-13(10-14-6-8-16(26-5)9-7-14)17-20-22-24(21-17)15-11-23(12-15)18(25)27-19(2,3)4/h6-9,13,15H,10-12H2,1-5H3/t13-/m0/s1. The lowest BCUT2D eigenvalue weighted by molar-refractivity contribution is -0.00249. The van der Waals surface area contributed by atoms with Crippen LogP contribution in [-0.2, 0) is 11.2 Å². The number of amides is 1. The molecule has 0 spiro atoms. The predicted molar refractivity (Wildman–Crippen MR) is 99.8 cm³/mol. The van der Waals surface area contributed by atoms with E-state index in [1.807, 2.05) is 45.0 Å². The van der Waals surface area contributed by atoms with Gasteiger partial charge in [0.25, 0.3) is 0 Å². The molecule has 0 N–H and O–H groups in total. The molecule has 2 heterocycles. The second-order valence-electron chi connectivity index (χ2n) is 7.96. The van der Waals surface area contributed by atoms with Gasteiger partial charge in [-0.15, -0.1) is 10.2 Å². The zero-order chi connectivity index (χ0) is 19.6. The summed E-state index contributed by atoms with van der Waals surface area (Å²) in [6, 6.07) is 8.04. The topological polar surface area (TPSA) is 82.4 Å². The largest absolute Gasteiger partial charge is 0.497 e. The van der Waals surface area contributed by atoms with E-state index in [9.17, 15) is 4.79 Å². The lowest BCUT2D eigenvalue weighted by Crippen LogP contribution is -2.52. The highest BCUT2D eigenvalue weighted by Gasteiger charge is 2.36. The lowest BCUT2D eigenvalue weighted by Gasteiger charge is -2.38. The molecule has 146 valence electrons. The van der Waals surface area contributed by atoms with E-state index in [1.54, 1.807) is 16.8 Å². The van der Waals surface area contributed by atoms with Crippen molar-refractivity contribution in [3.63, 3.8) is 0 Å².